The SMILES string of the molecule is Cc1ccc(Cn2c(SCc3cccnc3)nc3ccccc3c2=O)cc1. The second-order valence-electron chi connectivity index (χ2n) is 6.44. The van der Waals surface area contributed by atoms with Crippen molar-refractivity contribution in [2.75, 3.05) is 0 Å². The molecule has 0 unspecified atom stereocenters. The van der Waals surface area contributed by atoms with Crippen LogP contribution in [0.4, 0.5) is 0 Å². The van der Waals surface area contributed by atoms with E-state index in [0.29, 0.717) is 17.7 Å². The third-order valence-electron chi connectivity index (χ3n) is 4.38. The Balaban J connectivity index is 1.75. The fraction of sp³-hybridized carbons (Fsp3) is 0.136. The highest BCUT2D eigenvalue weighted by molar-refractivity contribution is 7.98. The van der Waals surface area contributed by atoms with E-state index in [1.54, 1.807) is 22.5 Å². The summed E-state index contributed by atoms with van der Waals surface area (Å²) in [6.07, 6.45) is 3.60. The number of benzene rings is 2. The number of nitrogens with zero attached hydrogens (tertiary/aromatic N) is 3. The number of pyridine rings is 1. The maximum atomic E-state index is 13.1. The van der Waals surface area contributed by atoms with E-state index >= 15 is 0 Å². The minimum absolute atomic E-state index is 0.00476. The summed E-state index contributed by atoms with van der Waals surface area (Å²) >= 11 is 1.56. The average Bonchev–Trinajstić information content (AvgIpc) is 2.71. The standard InChI is InChI=1S/C22H19N3OS/c1-16-8-10-17(11-9-16)14-25-21(26)19-6-2-3-7-20(19)24-22(25)27-15-18-5-4-12-23-13-18/h2-13H,14-15H2,1H3. The number of aryl methyl sites for hydroxylation is 1. The fourth-order valence-corrected chi connectivity index (χ4v) is 3.84. The van der Waals surface area contributed by atoms with E-state index in [9.17, 15) is 4.79 Å². The Kier molecular flexibility index (Phi) is 5.03. The number of hydrogen-bond donors (Lipinski definition) is 0. The van der Waals surface area contributed by atoms with Gasteiger partial charge in [0.15, 0.2) is 5.16 Å². The molecule has 0 aliphatic rings. The zero-order valence-electron chi connectivity index (χ0n) is 15.0. The Labute approximate surface area is 161 Å². The third kappa shape index (κ3) is 3.93. The zero-order valence-corrected chi connectivity index (χ0v) is 15.8. The maximum Gasteiger partial charge on any atom is 0.262 e. The van der Waals surface area contributed by atoms with Crippen molar-refractivity contribution in [1.82, 2.24) is 14.5 Å². The van der Waals surface area contributed by atoms with Crippen LogP contribution in [0.3, 0.4) is 0 Å². The minimum atomic E-state index is -0.00476. The highest BCUT2D eigenvalue weighted by atomic mass is 32.2. The first-order valence-corrected chi connectivity index (χ1v) is 9.76. The Morgan fingerprint density at radius 3 is 2.56 bits per heavy atom. The van der Waals surface area contributed by atoms with Gasteiger partial charge in [0.2, 0.25) is 0 Å². The van der Waals surface area contributed by atoms with Crippen LogP contribution in [0, 0.1) is 6.92 Å². The van der Waals surface area contributed by atoms with Gasteiger partial charge in [-0.1, -0.05) is 59.8 Å². The molecule has 0 saturated heterocycles. The Morgan fingerprint density at radius 1 is 0.963 bits per heavy atom. The van der Waals surface area contributed by atoms with Crippen molar-refractivity contribution in [3.05, 3.63) is 100 Å². The molecule has 0 spiro atoms. The molecule has 27 heavy (non-hydrogen) atoms. The van der Waals surface area contributed by atoms with Crippen LogP contribution in [-0.4, -0.2) is 14.5 Å². The van der Waals surface area contributed by atoms with Gasteiger partial charge in [0, 0.05) is 18.1 Å². The summed E-state index contributed by atoms with van der Waals surface area (Å²) in [4.78, 5) is 22.1. The van der Waals surface area contributed by atoms with Crippen LogP contribution in [0.15, 0.2) is 83.0 Å². The first-order valence-electron chi connectivity index (χ1n) is 8.77. The molecule has 2 aromatic heterocycles. The molecule has 2 heterocycles. The van der Waals surface area contributed by atoms with Crippen molar-refractivity contribution in [2.24, 2.45) is 0 Å². The first-order chi connectivity index (χ1) is 13.2. The molecule has 134 valence electrons. The fourth-order valence-electron chi connectivity index (χ4n) is 2.90. The van der Waals surface area contributed by atoms with Crippen molar-refractivity contribution < 1.29 is 0 Å². The highest BCUT2D eigenvalue weighted by Crippen LogP contribution is 2.22. The van der Waals surface area contributed by atoms with E-state index in [1.165, 1.54) is 5.56 Å². The van der Waals surface area contributed by atoms with Gasteiger partial charge in [0.1, 0.15) is 0 Å². The van der Waals surface area contributed by atoms with Gasteiger partial charge in [-0.15, -0.1) is 0 Å². The largest absolute Gasteiger partial charge is 0.283 e. The Morgan fingerprint density at radius 2 is 1.78 bits per heavy atom. The van der Waals surface area contributed by atoms with Crippen LogP contribution in [-0.2, 0) is 12.3 Å². The number of aromatic nitrogens is 3. The molecule has 2 aromatic carbocycles. The number of para-hydroxylation sites is 1. The smallest absolute Gasteiger partial charge is 0.262 e. The molecule has 0 aliphatic heterocycles. The van der Waals surface area contributed by atoms with Gasteiger partial charge in [-0.25, -0.2) is 4.98 Å². The summed E-state index contributed by atoms with van der Waals surface area (Å²) < 4.78 is 1.77. The molecule has 0 aliphatic carbocycles. The zero-order chi connectivity index (χ0) is 18.6. The van der Waals surface area contributed by atoms with E-state index in [1.807, 2.05) is 42.6 Å². The van der Waals surface area contributed by atoms with Crippen LogP contribution < -0.4 is 5.56 Å². The predicted molar refractivity (Wildman–Crippen MR) is 110 cm³/mol. The normalized spacial score (nSPS) is 11.0. The molecule has 0 bridgehead atoms. The monoisotopic (exact) mass is 373 g/mol. The molecule has 4 aromatic rings. The topological polar surface area (TPSA) is 47.8 Å². The quantitative estimate of drug-likeness (QED) is 0.383. The Bertz CT molecular complexity index is 1120. The summed E-state index contributed by atoms with van der Waals surface area (Å²) in [6.45, 7) is 2.56. The molecular formula is C22H19N3OS. The second-order valence-corrected chi connectivity index (χ2v) is 7.38. The molecule has 0 N–H and O–H groups in total. The van der Waals surface area contributed by atoms with Gasteiger partial charge in [-0.05, 0) is 36.2 Å². The van der Waals surface area contributed by atoms with Crippen molar-refractivity contribution >= 4 is 22.7 Å². The van der Waals surface area contributed by atoms with E-state index in [0.717, 1.165) is 21.8 Å². The lowest BCUT2D eigenvalue weighted by atomic mass is 10.1. The minimum Gasteiger partial charge on any atom is -0.283 e. The lowest BCUT2D eigenvalue weighted by molar-refractivity contribution is 0.658. The molecule has 0 atom stereocenters. The van der Waals surface area contributed by atoms with Gasteiger partial charge >= 0.3 is 0 Å². The molecule has 4 rings (SSSR count). The molecule has 0 saturated carbocycles. The summed E-state index contributed by atoms with van der Waals surface area (Å²) in [5.74, 6) is 0.715. The Hall–Kier alpha value is -2.92. The van der Waals surface area contributed by atoms with Crippen molar-refractivity contribution in [3.8, 4) is 0 Å². The van der Waals surface area contributed by atoms with Gasteiger partial charge in [-0.2, -0.15) is 0 Å². The summed E-state index contributed by atoms with van der Waals surface area (Å²) in [6, 6.07) is 19.7. The summed E-state index contributed by atoms with van der Waals surface area (Å²) in [5.41, 5.74) is 4.12. The molecule has 4 nitrogen and oxygen atoms in total. The van der Waals surface area contributed by atoms with Crippen molar-refractivity contribution in [2.45, 2.75) is 24.4 Å². The third-order valence-corrected chi connectivity index (χ3v) is 5.43. The molecule has 0 radical (unpaired) electrons. The van der Waals surface area contributed by atoms with Crippen LogP contribution in [0.2, 0.25) is 0 Å². The van der Waals surface area contributed by atoms with Gasteiger partial charge in [-0.3, -0.25) is 14.3 Å². The number of hydrogen-bond acceptors (Lipinski definition) is 4. The first kappa shape index (κ1) is 17.5. The van der Waals surface area contributed by atoms with Crippen molar-refractivity contribution in [1.29, 1.82) is 0 Å². The van der Waals surface area contributed by atoms with Crippen LogP contribution in [0.25, 0.3) is 10.9 Å². The van der Waals surface area contributed by atoms with E-state index in [4.69, 9.17) is 4.98 Å². The van der Waals surface area contributed by atoms with E-state index in [2.05, 4.69) is 36.2 Å². The van der Waals surface area contributed by atoms with Crippen molar-refractivity contribution in [3.63, 3.8) is 0 Å². The predicted octanol–water partition coefficient (Wildman–Crippen LogP) is 4.44. The second kappa shape index (κ2) is 7.76. The van der Waals surface area contributed by atoms with E-state index in [-0.39, 0.29) is 5.56 Å². The number of rotatable bonds is 5. The number of thioether (sulfide) groups is 1. The van der Waals surface area contributed by atoms with E-state index < -0.39 is 0 Å². The molecular weight excluding hydrogens is 354 g/mol. The van der Waals surface area contributed by atoms with Crippen LogP contribution in [0.1, 0.15) is 16.7 Å². The van der Waals surface area contributed by atoms with Gasteiger partial charge in [0.05, 0.1) is 17.4 Å². The van der Waals surface area contributed by atoms with Gasteiger partial charge < -0.3 is 0 Å². The van der Waals surface area contributed by atoms with Crippen LogP contribution >= 0.6 is 11.8 Å². The highest BCUT2D eigenvalue weighted by Gasteiger charge is 2.12. The molecule has 0 fully saturated rings. The lowest BCUT2D eigenvalue weighted by Crippen LogP contribution is -2.24. The van der Waals surface area contributed by atoms with Crippen LogP contribution in [0.5, 0.6) is 0 Å². The summed E-state index contributed by atoms with van der Waals surface area (Å²) in [5, 5.41) is 1.37. The molecule has 0 amide bonds. The average molecular weight is 373 g/mol. The van der Waals surface area contributed by atoms with Gasteiger partial charge in [0.25, 0.3) is 5.56 Å². The lowest BCUT2D eigenvalue weighted by Gasteiger charge is -2.13. The molecule has 5 heteroatoms. The number of fused-ring (bicyclic) bond motifs is 1. The maximum absolute atomic E-state index is 13.1. The summed E-state index contributed by atoms with van der Waals surface area (Å²) in [7, 11) is 0.